The topological polar surface area (TPSA) is 55.7 Å². The summed E-state index contributed by atoms with van der Waals surface area (Å²) in [6, 6.07) is 13.1. The first kappa shape index (κ1) is 25.6. The first-order valence-corrected chi connectivity index (χ1v) is 11.6. The van der Waals surface area contributed by atoms with Crippen molar-refractivity contribution in [3.05, 3.63) is 77.0 Å². The number of rotatable bonds is 3. The van der Waals surface area contributed by atoms with Gasteiger partial charge in [0.05, 0.1) is 16.6 Å². The van der Waals surface area contributed by atoms with E-state index >= 15 is 0 Å². The number of alkyl halides is 6. The minimum atomic E-state index is -4.63. The number of nitrogens with zero attached hydrogens (tertiary/aromatic N) is 3. The van der Waals surface area contributed by atoms with Crippen LogP contribution in [0.25, 0.3) is 27.6 Å². The third kappa shape index (κ3) is 4.68. The molecule has 0 saturated heterocycles. The summed E-state index contributed by atoms with van der Waals surface area (Å²) in [7, 11) is 0. The summed E-state index contributed by atoms with van der Waals surface area (Å²) in [5.41, 5.74) is 0.460. The molecule has 0 aliphatic carbocycles. The van der Waals surface area contributed by atoms with E-state index in [1.165, 1.54) is 6.07 Å². The predicted molar refractivity (Wildman–Crippen MR) is 131 cm³/mol. The van der Waals surface area contributed by atoms with Crippen LogP contribution in [-0.2, 0) is 17.8 Å². The highest BCUT2D eigenvalue weighted by atomic mass is 19.4. The number of H-pyrrole nitrogens is 1. The molecule has 0 bridgehead atoms. The Morgan fingerprint density at radius 3 is 2.00 bits per heavy atom. The van der Waals surface area contributed by atoms with Crippen LogP contribution in [0.1, 0.15) is 43.2 Å². The van der Waals surface area contributed by atoms with Crippen LogP contribution in [0.3, 0.4) is 0 Å². The maximum Gasteiger partial charge on any atom is 0.432 e. The van der Waals surface area contributed by atoms with Crippen molar-refractivity contribution in [1.29, 1.82) is 0 Å². The van der Waals surface area contributed by atoms with Crippen LogP contribution < -0.4 is 4.74 Å². The number of aromatic nitrogens is 4. The molecule has 0 unspecified atom stereocenters. The van der Waals surface area contributed by atoms with Gasteiger partial charge in [-0.1, -0.05) is 32.4 Å². The molecular formula is C27H22F6N4O. The average molecular weight is 532 g/mol. The highest BCUT2D eigenvalue weighted by Crippen LogP contribution is 2.39. The number of nitrogens with one attached hydrogen (secondary N) is 1. The molecule has 5 nitrogen and oxygen atoms in total. The lowest BCUT2D eigenvalue weighted by Gasteiger charge is -2.21. The van der Waals surface area contributed by atoms with Gasteiger partial charge >= 0.3 is 12.4 Å². The number of halogens is 6. The number of pyridine rings is 1. The highest BCUT2D eigenvalue weighted by molar-refractivity contribution is 6.09. The van der Waals surface area contributed by atoms with Crippen LogP contribution in [-0.4, -0.2) is 19.7 Å². The lowest BCUT2D eigenvalue weighted by molar-refractivity contribution is -0.141. The zero-order chi connectivity index (χ0) is 27.6. The number of fused-ring (bicyclic) bond motifs is 3. The van der Waals surface area contributed by atoms with Crippen LogP contribution in [0.4, 0.5) is 26.3 Å². The van der Waals surface area contributed by atoms with E-state index in [4.69, 9.17) is 4.74 Å². The lowest BCUT2D eigenvalue weighted by Crippen LogP contribution is -2.13. The van der Waals surface area contributed by atoms with Gasteiger partial charge < -0.3 is 4.74 Å². The Morgan fingerprint density at radius 2 is 1.39 bits per heavy atom. The molecule has 198 valence electrons. The molecule has 0 atom stereocenters. The first-order valence-electron chi connectivity index (χ1n) is 11.6. The quantitative estimate of drug-likeness (QED) is 0.238. The van der Waals surface area contributed by atoms with E-state index in [0.717, 1.165) is 29.3 Å². The standard InChI is InChI=1S/C27H22F6N4O/c1-14-5-7-19-17(9-14)18-10-15(26(28,29)30)6-8-20(18)37(19)22-11-16(25(2,3)4)12-23(34-22)38-24-13-21(35-36-24)27(31,32)33/h5-13H,1-4H3,(H,35,36). The zero-order valence-corrected chi connectivity index (χ0v) is 20.7. The molecule has 0 saturated carbocycles. The molecule has 0 aliphatic rings. The van der Waals surface area contributed by atoms with Gasteiger partial charge in [0.2, 0.25) is 11.8 Å². The summed E-state index contributed by atoms with van der Waals surface area (Å²) in [6.45, 7) is 7.67. The van der Waals surface area contributed by atoms with Gasteiger partial charge in [-0.3, -0.25) is 9.67 Å². The van der Waals surface area contributed by atoms with Gasteiger partial charge in [0.15, 0.2) is 0 Å². The van der Waals surface area contributed by atoms with E-state index in [9.17, 15) is 26.3 Å². The normalized spacial score (nSPS) is 13.0. The number of aromatic amines is 1. The first-order chi connectivity index (χ1) is 17.6. The van der Waals surface area contributed by atoms with Crippen LogP contribution in [0.2, 0.25) is 0 Å². The number of aryl methyl sites for hydroxylation is 1. The smallest absolute Gasteiger partial charge is 0.419 e. The fourth-order valence-corrected chi connectivity index (χ4v) is 4.26. The highest BCUT2D eigenvalue weighted by Gasteiger charge is 2.34. The van der Waals surface area contributed by atoms with E-state index < -0.39 is 29.0 Å². The molecule has 5 aromatic rings. The van der Waals surface area contributed by atoms with E-state index in [0.29, 0.717) is 27.6 Å². The van der Waals surface area contributed by atoms with Crippen LogP contribution in [0.15, 0.2) is 54.6 Å². The van der Waals surface area contributed by atoms with Gasteiger partial charge in [0, 0.05) is 22.9 Å². The van der Waals surface area contributed by atoms with Gasteiger partial charge in [-0.15, -0.1) is 5.10 Å². The van der Waals surface area contributed by atoms with Crippen molar-refractivity contribution in [3.63, 3.8) is 0 Å². The summed E-state index contributed by atoms with van der Waals surface area (Å²) < 4.78 is 87.0. The van der Waals surface area contributed by atoms with Crippen molar-refractivity contribution < 1.29 is 31.1 Å². The van der Waals surface area contributed by atoms with Crippen molar-refractivity contribution in [2.75, 3.05) is 0 Å². The molecule has 5 rings (SSSR count). The second-order valence-corrected chi connectivity index (χ2v) is 10.1. The number of hydrogen-bond donors (Lipinski definition) is 1. The minimum Gasteiger partial charge on any atom is -0.419 e. The Hall–Kier alpha value is -4.02. The van der Waals surface area contributed by atoms with Crippen LogP contribution >= 0.6 is 0 Å². The van der Waals surface area contributed by atoms with Crippen molar-refractivity contribution in [2.24, 2.45) is 0 Å². The van der Waals surface area contributed by atoms with Crippen LogP contribution in [0, 0.1) is 6.92 Å². The number of ether oxygens (including phenoxy) is 1. The zero-order valence-electron chi connectivity index (χ0n) is 20.7. The van der Waals surface area contributed by atoms with Crippen molar-refractivity contribution >= 4 is 21.8 Å². The summed E-state index contributed by atoms with van der Waals surface area (Å²) in [5.74, 6) is -0.00112. The van der Waals surface area contributed by atoms with Gasteiger partial charge in [-0.05, 0) is 54.3 Å². The van der Waals surface area contributed by atoms with Crippen molar-refractivity contribution in [3.8, 4) is 17.6 Å². The average Bonchev–Trinajstić information content (AvgIpc) is 3.40. The third-order valence-corrected chi connectivity index (χ3v) is 6.20. The summed E-state index contributed by atoms with van der Waals surface area (Å²) >= 11 is 0. The Balaban J connectivity index is 1.74. The summed E-state index contributed by atoms with van der Waals surface area (Å²) in [5, 5.41) is 6.49. The fourth-order valence-electron chi connectivity index (χ4n) is 4.26. The van der Waals surface area contributed by atoms with Gasteiger partial charge in [-0.25, -0.2) is 0 Å². The molecule has 3 aromatic heterocycles. The second kappa shape index (κ2) is 8.50. The Bertz CT molecular complexity index is 1670. The fraction of sp³-hybridized carbons (Fsp3) is 0.259. The second-order valence-electron chi connectivity index (χ2n) is 10.1. The lowest BCUT2D eigenvalue weighted by atomic mass is 9.87. The molecule has 0 radical (unpaired) electrons. The molecule has 11 heteroatoms. The summed E-state index contributed by atoms with van der Waals surface area (Å²) in [4.78, 5) is 4.53. The SMILES string of the molecule is Cc1ccc2c(c1)c1cc(C(F)(F)F)ccc1n2-c1cc(C(C)(C)C)cc(Oc2cc(C(F)(F)F)[nH]n2)n1. The number of hydrogen-bond acceptors (Lipinski definition) is 3. The molecule has 0 amide bonds. The van der Waals surface area contributed by atoms with E-state index in [-0.39, 0.29) is 11.8 Å². The van der Waals surface area contributed by atoms with Gasteiger partial charge in [0.25, 0.3) is 0 Å². The maximum atomic E-state index is 13.5. The molecule has 0 fully saturated rings. The maximum absolute atomic E-state index is 13.5. The van der Waals surface area contributed by atoms with Crippen LogP contribution in [0.5, 0.6) is 11.8 Å². The van der Waals surface area contributed by atoms with E-state index in [1.807, 2.05) is 44.9 Å². The van der Waals surface area contributed by atoms with Crippen molar-refractivity contribution in [1.82, 2.24) is 19.7 Å². The molecule has 38 heavy (non-hydrogen) atoms. The third-order valence-electron chi connectivity index (χ3n) is 6.20. The monoisotopic (exact) mass is 532 g/mol. The molecule has 1 N–H and O–H groups in total. The molecule has 0 spiro atoms. The predicted octanol–water partition coefficient (Wildman–Crippen LogP) is 8.34. The Kier molecular flexibility index (Phi) is 5.73. The molecular weight excluding hydrogens is 510 g/mol. The Morgan fingerprint density at radius 1 is 0.737 bits per heavy atom. The molecule has 0 aliphatic heterocycles. The molecule has 3 heterocycles. The number of benzene rings is 2. The minimum absolute atomic E-state index is 0.0123. The molecule has 2 aromatic carbocycles. The van der Waals surface area contributed by atoms with E-state index in [1.54, 1.807) is 22.8 Å². The van der Waals surface area contributed by atoms with Gasteiger partial charge in [-0.2, -0.15) is 31.3 Å². The van der Waals surface area contributed by atoms with E-state index in [2.05, 4.69) is 10.1 Å². The van der Waals surface area contributed by atoms with Crippen molar-refractivity contribution in [2.45, 2.75) is 45.5 Å². The Labute approximate surface area is 213 Å². The summed E-state index contributed by atoms with van der Waals surface area (Å²) in [6.07, 6.45) is -9.15. The van der Waals surface area contributed by atoms with Gasteiger partial charge in [0.1, 0.15) is 11.5 Å². The largest absolute Gasteiger partial charge is 0.432 e.